The smallest absolute Gasteiger partial charge is 0.0481 e. The predicted octanol–water partition coefficient (Wildman–Crippen LogP) is 7.05. The second kappa shape index (κ2) is 9.04. The molecular formula is C28H30N2. The van der Waals surface area contributed by atoms with E-state index in [9.17, 15) is 0 Å². The van der Waals surface area contributed by atoms with Gasteiger partial charge in [0, 0.05) is 30.2 Å². The van der Waals surface area contributed by atoms with Gasteiger partial charge in [-0.15, -0.1) is 0 Å². The molecule has 30 heavy (non-hydrogen) atoms. The highest BCUT2D eigenvalue weighted by molar-refractivity contribution is 5.60. The van der Waals surface area contributed by atoms with E-state index in [1.54, 1.807) is 0 Å². The maximum atomic E-state index is 3.62. The maximum absolute atomic E-state index is 3.62. The van der Waals surface area contributed by atoms with Crippen LogP contribution in [0.5, 0.6) is 0 Å². The van der Waals surface area contributed by atoms with E-state index in [1.165, 1.54) is 22.5 Å². The second-order valence-electron chi connectivity index (χ2n) is 8.58. The van der Waals surface area contributed by atoms with Crippen LogP contribution in [0.3, 0.4) is 0 Å². The highest BCUT2D eigenvalue weighted by atomic mass is 15.1. The van der Waals surface area contributed by atoms with E-state index in [2.05, 4.69) is 127 Å². The molecule has 0 aliphatic heterocycles. The Labute approximate surface area is 180 Å². The Balaban J connectivity index is 1.66. The van der Waals surface area contributed by atoms with Crippen molar-refractivity contribution in [3.05, 3.63) is 120 Å². The molecule has 0 amide bonds. The van der Waals surface area contributed by atoms with Crippen LogP contribution in [-0.4, -0.2) is 6.54 Å². The van der Waals surface area contributed by atoms with Crippen LogP contribution in [0, 0.1) is 5.41 Å². The number of benzene rings is 3. The second-order valence-corrected chi connectivity index (χ2v) is 8.58. The minimum Gasteiger partial charge on any atom is -0.381 e. The first-order valence-corrected chi connectivity index (χ1v) is 10.7. The molecule has 2 nitrogen and oxygen atoms in total. The largest absolute Gasteiger partial charge is 0.381 e. The molecule has 0 saturated carbocycles. The summed E-state index contributed by atoms with van der Waals surface area (Å²) in [6.45, 7) is 6.27. The lowest BCUT2D eigenvalue weighted by atomic mass is 9.81. The average molecular weight is 395 g/mol. The van der Waals surface area contributed by atoms with Crippen LogP contribution in [0.2, 0.25) is 0 Å². The molecule has 1 aliphatic rings. The molecule has 0 fully saturated rings. The van der Waals surface area contributed by atoms with Gasteiger partial charge in [0.15, 0.2) is 0 Å². The molecule has 0 radical (unpaired) electrons. The van der Waals surface area contributed by atoms with E-state index in [0.29, 0.717) is 0 Å². The zero-order valence-corrected chi connectivity index (χ0v) is 17.9. The molecule has 1 aliphatic carbocycles. The zero-order chi connectivity index (χ0) is 20.8. The first kappa shape index (κ1) is 20.0. The van der Waals surface area contributed by atoms with Crippen molar-refractivity contribution in [3.8, 4) is 0 Å². The van der Waals surface area contributed by atoms with E-state index < -0.39 is 0 Å². The van der Waals surface area contributed by atoms with Crippen molar-refractivity contribution in [2.75, 3.05) is 16.8 Å². The van der Waals surface area contributed by atoms with Crippen molar-refractivity contribution in [2.24, 2.45) is 5.41 Å². The summed E-state index contributed by atoms with van der Waals surface area (Å²) in [4.78, 5) is 2.45. The minimum absolute atomic E-state index is 0.159. The quantitative estimate of drug-likeness (QED) is 0.462. The fourth-order valence-corrected chi connectivity index (χ4v) is 3.96. The minimum atomic E-state index is 0.159. The van der Waals surface area contributed by atoms with Gasteiger partial charge in [-0.3, -0.25) is 0 Å². The molecule has 2 heteroatoms. The normalized spacial score (nSPS) is 15.1. The van der Waals surface area contributed by atoms with E-state index in [1.807, 2.05) is 0 Å². The molecule has 3 aromatic rings. The zero-order valence-electron chi connectivity index (χ0n) is 17.9. The third-order valence-corrected chi connectivity index (χ3v) is 5.51. The number of para-hydroxylation sites is 2. The Morgan fingerprint density at radius 2 is 1.40 bits per heavy atom. The Morgan fingerprint density at radius 3 is 2.07 bits per heavy atom. The molecular weight excluding hydrogens is 364 g/mol. The molecule has 0 unspecified atom stereocenters. The Kier molecular flexibility index (Phi) is 6.04. The van der Waals surface area contributed by atoms with Crippen LogP contribution in [0.1, 0.15) is 25.8 Å². The first-order valence-electron chi connectivity index (χ1n) is 10.7. The fourth-order valence-electron chi connectivity index (χ4n) is 3.96. The van der Waals surface area contributed by atoms with Crippen molar-refractivity contribution < 1.29 is 0 Å². The Morgan fingerprint density at radius 1 is 0.800 bits per heavy atom. The highest BCUT2D eigenvalue weighted by Gasteiger charge is 2.25. The van der Waals surface area contributed by atoms with Gasteiger partial charge in [0.05, 0.1) is 0 Å². The number of hydrogen-bond acceptors (Lipinski definition) is 2. The molecule has 0 spiro atoms. The maximum Gasteiger partial charge on any atom is 0.0481 e. The van der Waals surface area contributed by atoms with Crippen molar-refractivity contribution in [3.63, 3.8) is 0 Å². The van der Waals surface area contributed by atoms with Crippen molar-refractivity contribution in [1.82, 2.24) is 0 Å². The van der Waals surface area contributed by atoms with Crippen LogP contribution in [0.4, 0.5) is 11.4 Å². The monoisotopic (exact) mass is 394 g/mol. The third kappa shape index (κ3) is 5.01. The summed E-state index contributed by atoms with van der Waals surface area (Å²) >= 11 is 0. The lowest BCUT2D eigenvalue weighted by Crippen LogP contribution is -2.29. The van der Waals surface area contributed by atoms with Crippen LogP contribution < -0.4 is 10.2 Å². The number of anilines is 2. The molecule has 0 saturated heterocycles. The predicted molar refractivity (Wildman–Crippen MR) is 129 cm³/mol. The van der Waals surface area contributed by atoms with E-state index >= 15 is 0 Å². The number of allylic oxidation sites excluding steroid dienone is 2. The number of nitrogens with one attached hydrogen (secondary N) is 1. The Bertz CT molecular complexity index is 1000. The van der Waals surface area contributed by atoms with Gasteiger partial charge in [-0.05, 0) is 47.2 Å². The van der Waals surface area contributed by atoms with Crippen molar-refractivity contribution in [2.45, 2.75) is 26.8 Å². The fraction of sp³-hybridized carbons (Fsp3) is 0.214. The molecule has 0 heterocycles. The van der Waals surface area contributed by atoms with Gasteiger partial charge in [-0.1, -0.05) is 92.7 Å². The molecule has 0 aromatic heterocycles. The molecule has 0 bridgehead atoms. The number of rotatable bonds is 7. The van der Waals surface area contributed by atoms with Gasteiger partial charge in [-0.2, -0.15) is 0 Å². The van der Waals surface area contributed by atoms with Gasteiger partial charge in [0.1, 0.15) is 0 Å². The van der Waals surface area contributed by atoms with E-state index in [-0.39, 0.29) is 5.41 Å². The van der Waals surface area contributed by atoms with Gasteiger partial charge in [0.2, 0.25) is 0 Å². The van der Waals surface area contributed by atoms with Crippen LogP contribution in [-0.2, 0) is 6.54 Å². The Hall–Kier alpha value is -3.26. The summed E-state index contributed by atoms with van der Waals surface area (Å²) in [5.74, 6) is 0. The topological polar surface area (TPSA) is 15.3 Å². The summed E-state index contributed by atoms with van der Waals surface area (Å²) in [5, 5.41) is 3.62. The average Bonchev–Trinajstić information content (AvgIpc) is 2.78. The van der Waals surface area contributed by atoms with Gasteiger partial charge >= 0.3 is 0 Å². The van der Waals surface area contributed by atoms with Gasteiger partial charge in [-0.25, -0.2) is 0 Å². The number of nitrogens with zero attached hydrogens (tertiary/aromatic N) is 1. The molecule has 4 rings (SSSR count). The summed E-state index contributed by atoms with van der Waals surface area (Å²) in [6, 6.07) is 31.9. The third-order valence-electron chi connectivity index (χ3n) is 5.51. The number of hydrogen-bond donors (Lipinski definition) is 1. The summed E-state index contributed by atoms with van der Waals surface area (Å²) in [7, 11) is 0. The molecule has 1 N–H and O–H groups in total. The summed E-state index contributed by atoms with van der Waals surface area (Å²) in [5.41, 5.74) is 6.48. The summed E-state index contributed by atoms with van der Waals surface area (Å²) < 4.78 is 0. The van der Waals surface area contributed by atoms with Crippen molar-refractivity contribution >= 4 is 11.4 Å². The molecule has 0 atom stereocenters. The van der Waals surface area contributed by atoms with Gasteiger partial charge < -0.3 is 10.2 Å². The SMILES string of the molecule is CC1(C)C=C(CNc2ccccc2)C(N(Cc2ccccc2)c2ccccc2)=CC1. The van der Waals surface area contributed by atoms with E-state index in [4.69, 9.17) is 0 Å². The lowest BCUT2D eigenvalue weighted by molar-refractivity contribution is 0.475. The van der Waals surface area contributed by atoms with Crippen molar-refractivity contribution in [1.29, 1.82) is 0 Å². The van der Waals surface area contributed by atoms with Gasteiger partial charge in [0.25, 0.3) is 0 Å². The van der Waals surface area contributed by atoms with Crippen LogP contribution >= 0.6 is 0 Å². The lowest BCUT2D eigenvalue weighted by Gasteiger charge is -2.35. The van der Waals surface area contributed by atoms with Crippen LogP contribution in [0.25, 0.3) is 0 Å². The highest BCUT2D eigenvalue weighted by Crippen LogP contribution is 2.36. The van der Waals surface area contributed by atoms with Crippen LogP contribution in [0.15, 0.2) is 114 Å². The molecule has 152 valence electrons. The van der Waals surface area contributed by atoms with E-state index in [0.717, 1.165) is 25.2 Å². The summed E-state index contributed by atoms with van der Waals surface area (Å²) in [6.07, 6.45) is 5.90. The first-order chi connectivity index (χ1) is 14.6. The standard InChI is InChI=1S/C28H30N2/c1-28(2)19-18-27(24(20-28)21-29-25-14-8-4-9-15-25)30(26-16-10-5-11-17-26)22-23-12-6-3-7-13-23/h3-18,20,29H,19,21-22H2,1-2H3. The molecule has 3 aromatic carbocycles.